The Kier molecular flexibility index (Phi) is 4.45. The number of hydrogen-bond donors (Lipinski definition) is 0. The fraction of sp³-hybridized carbons (Fsp3) is 0.143. The fourth-order valence-corrected chi connectivity index (χ4v) is 0.738. The highest BCUT2D eigenvalue weighted by molar-refractivity contribution is 9.11. The molecular weight excluding hydrogens is 210 g/mol. The number of allylic oxidation sites excluding steroid dienone is 4. The van der Waals surface area contributed by atoms with E-state index in [9.17, 15) is 10.1 Å². The van der Waals surface area contributed by atoms with Crippen LogP contribution in [0.25, 0.3) is 0 Å². The van der Waals surface area contributed by atoms with Crippen LogP contribution in [-0.4, -0.2) is 4.92 Å². The van der Waals surface area contributed by atoms with Gasteiger partial charge in [-0.05, 0) is 22.9 Å². The number of halogens is 1. The van der Waals surface area contributed by atoms with Gasteiger partial charge in [-0.1, -0.05) is 18.7 Å². The first-order chi connectivity index (χ1) is 5.09. The largest absolute Gasteiger partial charge is 0.279 e. The summed E-state index contributed by atoms with van der Waals surface area (Å²) in [7, 11) is 0. The molecule has 0 saturated carbocycles. The Bertz CT molecular complexity index is 227. The maximum atomic E-state index is 10.3. The van der Waals surface area contributed by atoms with E-state index < -0.39 is 4.92 Å². The summed E-state index contributed by atoms with van der Waals surface area (Å²) >= 11 is 3.02. The van der Waals surface area contributed by atoms with Crippen LogP contribution >= 0.6 is 15.9 Å². The van der Waals surface area contributed by atoms with Crippen molar-refractivity contribution in [3.8, 4) is 0 Å². The lowest BCUT2D eigenvalue weighted by molar-refractivity contribution is -0.419. The summed E-state index contributed by atoms with van der Waals surface area (Å²) in [5.74, 6) is 0. The highest BCUT2D eigenvalue weighted by Gasteiger charge is 2.07. The van der Waals surface area contributed by atoms with Crippen molar-refractivity contribution in [2.24, 2.45) is 0 Å². The maximum absolute atomic E-state index is 10.3. The Morgan fingerprint density at radius 1 is 1.73 bits per heavy atom. The Balaban J connectivity index is 4.64. The molecule has 0 aromatic carbocycles. The lowest BCUT2D eigenvalue weighted by Crippen LogP contribution is -1.95. The molecule has 0 heterocycles. The zero-order valence-electron chi connectivity index (χ0n) is 6.08. The average Bonchev–Trinajstić information content (AvgIpc) is 1.87. The van der Waals surface area contributed by atoms with Crippen molar-refractivity contribution < 1.29 is 4.92 Å². The third-order valence-corrected chi connectivity index (χ3v) is 1.35. The molecule has 0 amide bonds. The van der Waals surface area contributed by atoms with Crippen LogP contribution < -0.4 is 0 Å². The SMILES string of the molecule is C=C/C=C\C(=C(/C)Br)[N+](=O)[O-]. The van der Waals surface area contributed by atoms with Crippen LogP contribution in [-0.2, 0) is 0 Å². The van der Waals surface area contributed by atoms with Crippen LogP contribution in [0.2, 0.25) is 0 Å². The van der Waals surface area contributed by atoms with Gasteiger partial charge in [0.15, 0.2) is 0 Å². The number of nitro groups is 1. The minimum Gasteiger partial charge on any atom is -0.258 e. The van der Waals surface area contributed by atoms with Gasteiger partial charge < -0.3 is 0 Å². The first kappa shape index (κ1) is 10.1. The molecule has 0 atom stereocenters. The molecule has 4 heteroatoms. The van der Waals surface area contributed by atoms with Gasteiger partial charge in [-0.3, -0.25) is 10.1 Å². The average molecular weight is 218 g/mol. The van der Waals surface area contributed by atoms with Crippen molar-refractivity contribution in [1.82, 2.24) is 0 Å². The molecule has 0 N–H and O–H groups in total. The van der Waals surface area contributed by atoms with Crippen LogP contribution in [0, 0.1) is 10.1 Å². The van der Waals surface area contributed by atoms with E-state index in [1.807, 2.05) is 0 Å². The van der Waals surface area contributed by atoms with Crippen molar-refractivity contribution >= 4 is 15.9 Å². The van der Waals surface area contributed by atoms with E-state index in [2.05, 4.69) is 22.5 Å². The summed E-state index contributed by atoms with van der Waals surface area (Å²) in [5, 5.41) is 10.3. The standard InChI is InChI=1S/C7H8BrNO2/c1-3-4-5-7(6(2)8)9(10)11/h3-5H,1H2,2H3/b5-4-,7-6-. The predicted octanol–water partition coefficient (Wildman–Crippen LogP) is 2.63. The topological polar surface area (TPSA) is 43.1 Å². The second kappa shape index (κ2) is 4.85. The molecule has 3 nitrogen and oxygen atoms in total. The second-order valence-electron chi connectivity index (χ2n) is 1.77. The molecule has 11 heavy (non-hydrogen) atoms. The van der Waals surface area contributed by atoms with E-state index >= 15 is 0 Å². The van der Waals surface area contributed by atoms with E-state index in [1.165, 1.54) is 18.2 Å². The van der Waals surface area contributed by atoms with Crippen molar-refractivity contribution in [3.63, 3.8) is 0 Å². The van der Waals surface area contributed by atoms with Gasteiger partial charge in [0.1, 0.15) is 0 Å². The minimum atomic E-state index is -0.454. The molecule has 0 aliphatic rings. The van der Waals surface area contributed by atoms with Gasteiger partial charge in [0.05, 0.1) is 9.41 Å². The molecule has 0 aromatic heterocycles. The molecule has 0 bridgehead atoms. The summed E-state index contributed by atoms with van der Waals surface area (Å²) in [6.07, 6.45) is 4.39. The summed E-state index contributed by atoms with van der Waals surface area (Å²) in [4.78, 5) is 9.82. The van der Waals surface area contributed by atoms with E-state index in [0.717, 1.165) is 0 Å². The van der Waals surface area contributed by atoms with Crippen molar-refractivity contribution in [1.29, 1.82) is 0 Å². The highest BCUT2D eigenvalue weighted by Crippen LogP contribution is 2.12. The third-order valence-electron chi connectivity index (χ3n) is 0.940. The number of rotatable bonds is 3. The molecule has 0 fully saturated rings. The predicted molar refractivity (Wildman–Crippen MR) is 48.0 cm³/mol. The molecule has 0 rings (SSSR count). The Hall–Kier alpha value is -0.900. The Morgan fingerprint density at radius 3 is 2.55 bits per heavy atom. The zero-order valence-corrected chi connectivity index (χ0v) is 7.67. The van der Waals surface area contributed by atoms with Crippen molar-refractivity contribution in [2.75, 3.05) is 0 Å². The fourth-order valence-electron chi connectivity index (χ4n) is 0.461. The quantitative estimate of drug-likeness (QED) is 0.415. The Labute approximate surface area is 73.4 Å². The van der Waals surface area contributed by atoms with Gasteiger partial charge in [0, 0.05) is 6.08 Å². The highest BCUT2D eigenvalue weighted by atomic mass is 79.9. The normalized spacial score (nSPS) is 12.9. The van der Waals surface area contributed by atoms with Crippen LogP contribution in [0.4, 0.5) is 0 Å². The molecule has 0 spiro atoms. The molecule has 0 aliphatic carbocycles. The molecule has 0 aliphatic heterocycles. The minimum absolute atomic E-state index is 0.0462. The van der Waals surface area contributed by atoms with Gasteiger partial charge in [-0.2, -0.15) is 0 Å². The van der Waals surface area contributed by atoms with E-state index in [-0.39, 0.29) is 5.70 Å². The first-order valence-corrected chi connectivity index (χ1v) is 3.68. The Morgan fingerprint density at radius 2 is 2.27 bits per heavy atom. The lowest BCUT2D eigenvalue weighted by atomic mass is 10.3. The lowest BCUT2D eigenvalue weighted by Gasteiger charge is -1.90. The third kappa shape index (κ3) is 3.72. The summed E-state index contributed by atoms with van der Waals surface area (Å²) < 4.78 is 0.501. The van der Waals surface area contributed by atoms with Crippen LogP contribution in [0.3, 0.4) is 0 Å². The zero-order chi connectivity index (χ0) is 8.85. The smallest absolute Gasteiger partial charge is 0.258 e. The van der Waals surface area contributed by atoms with Gasteiger partial charge in [0.25, 0.3) is 5.70 Å². The van der Waals surface area contributed by atoms with Gasteiger partial charge in [0.2, 0.25) is 0 Å². The molecule has 60 valence electrons. The van der Waals surface area contributed by atoms with Crippen LogP contribution in [0.15, 0.2) is 35.0 Å². The number of nitrogens with zero attached hydrogens (tertiary/aromatic N) is 1. The summed E-state index contributed by atoms with van der Waals surface area (Å²) in [6, 6.07) is 0. The maximum Gasteiger partial charge on any atom is 0.279 e. The first-order valence-electron chi connectivity index (χ1n) is 2.89. The molecule has 0 aromatic rings. The van der Waals surface area contributed by atoms with E-state index in [0.29, 0.717) is 4.48 Å². The van der Waals surface area contributed by atoms with E-state index in [1.54, 1.807) is 6.92 Å². The monoisotopic (exact) mass is 217 g/mol. The summed E-state index contributed by atoms with van der Waals surface area (Å²) in [5.41, 5.74) is 0.0462. The molecule has 0 radical (unpaired) electrons. The van der Waals surface area contributed by atoms with Gasteiger partial charge in [-0.15, -0.1) is 0 Å². The molecule has 0 saturated heterocycles. The van der Waals surface area contributed by atoms with Crippen LogP contribution in [0.5, 0.6) is 0 Å². The van der Waals surface area contributed by atoms with E-state index in [4.69, 9.17) is 0 Å². The van der Waals surface area contributed by atoms with Crippen LogP contribution in [0.1, 0.15) is 6.92 Å². The molecular formula is C7H8BrNO2. The van der Waals surface area contributed by atoms with Crippen molar-refractivity contribution in [2.45, 2.75) is 6.92 Å². The van der Waals surface area contributed by atoms with Gasteiger partial charge >= 0.3 is 0 Å². The molecule has 0 unspecified atom stereocenters. The van der Waals surface area contributed by atoms with Crippen molar-refractivity contribution in [3.05, 3.63) is 45.1 Å². The summed E-state index contributed by atoms with van der Waals surface area (Å²) in [6.45, 7) is 5.02. The van der Waals surface area contributed by atoms with Gasteiger partial charge in [-0.25, -0.2) is 0 Å². The second-order valence-corrected chi connectivity index (χ2v) is 2.96. The number of hydrogen-bond acceptors (Lipinski definition) is 2.